The van der Waals surface area contributed by atoms with E-state index in [1.54, 1.807) is 6.92 Å². The van der Waals surface area contributed by atoms with Gasteiger partial charge in [0.15, 0.2) is 0 Å². The van der Waals surface area contributed by atoms with E-state index in [4.69, 9.17) is 18.9 Å². The van der Waals surface area contributed by atoms with Crippen LogP contribution in [0.15, 0.2) is 0 Å². The van der Waals surface area contributed by atoms with E-state index < -0.39 is 29.4 Å². The number of hydrogen-bond acceptors (Lipinski definition) is 6. The fraction of sp³-hybridized carbons (Fsp3) is 0.818. The molecule has 0 aromatic rings. The van der Waals surface area contributed by atoms with Crippen LogP contribution in [0.5, 0.6) is 0 Å². The molecule has 3 heterocycles. The molecule has 6 nitrogen and oxygen atoms in total. The smallest absolute Gasteiger partial charge is 0.312 e. The largest absolute Gasteiger partial charge is 0.469 e. The highest BCUT2D eigenvalue weighted by atomic mass is 16.7. The second kappa shape index (κ2) is 3.20. The fourth-order valence-electron chi connectivity index (χ4n) is 3.25. The maximum Gasteiger partial charge on any atom is 0.312 e. The van der Waals surface area contributed by atoms with Crippen LogP contribution < -0.4 is 0 Å². The molecule has 0 saturated carbocycles. The summed E-state index contributed by atoms with van der Waals surface area (Å²) in [5.41, 5.74) is -0.763. The average molecular weight is 242 g/mol. The lowest BCUT2D eigenvalue weighted by atomic mass is 9.72. The molecular formula is C11H14O6. The van der Waals surface area contributed by atoms with Crippen molar-refractivity contribution < 1.29 is 28.5 Å². The Bertz CT molecular complexity index is 393. The second-order valence-electron chi connectivity index (χ2n) is 4.84. The minimum absolute atomic E-state index is 0.0787. The number of fused-ring (bicyclic) bond motifs is 5. The molecule has 2 bridgehead atoms. The molecule has 0 N–H and O–H groups in total. The standard InChI is InChI=1S/C11H14O6/c1-11-5(10(13)15-3)4(9(12)14-2)6(17-11)7-8(11)16-7/h4-8H,1-3H3. The lowest BCUT2D eigenvalue weighted by Crippen LogP contribution is -2.48. The molecule has 3 saturated heterocycles. The van der Waals surface area contributed by atoms with Gasteiger partial charge in [-0.1, -0.05) is 0 Å². The van der Waals surface area contributed by atoms with Crippen molar-refractivity contribution in [1.29, 1.82) is 0 Å². The number of rotatable bonds is 2. The third kappa shape index (κ3) is 1.17. The van der Waals surface area contributed by atoms with E-state index in [0.717, 1.165) is 0 Å². The summed E-state index contributed by atoms with van der Waals surface area (Å²) in [6.45, 7) is 1.79. The number of epoxide rings is 1. The van der Waals surface area contributed by atoms with Gasteiger partial charge in [-0.05, 0) is 6.92 Å². The summed E-state index contributed by atoms with van der Waals surface area (Å²) in [6.07, 6.45) is -0.566. The number of carbonyl (C=O) groups is 2. The van der Waals surface area contributed by atoms with Gasteiger partial charge >= 0.3 is 11.9 Å². The Morgan fingerprint density at radius 1 is 1.12 bits per heavy atom. The summed E-state index contributed by atoms with van der Waals surface area (Å²) in [5.74, 6) is -2.16. The molecule has 0 aromatic heterocycles. The average Bonchev–Trinajstić information content (AvgIpc) is 3.02. The SMILES string of the molecule is COC(=O)C1C2OC(C)(C3OC23)C1C(=O)OC. The lowest BCUT2D eigenvalue weighted by molar-refractivity contribution is -0.159. The Morgan fingerprint density at radius 3 is 2.35 bits per heavy atom. The van der Waals surface area contributed by atoms with Crippen molar-refractivity contribution >= 4 is 11.9 Å². The van der Waals surface area contributed by atoms with Crippen LogP contribution in [0.4, 0.5) is 0 Å². The second-order valence-corrected chi connectivity index (χ2v) is 4.84. The number of carbonyl (C=O) groups excluding carboxylic acids is 2. The van der Waals surface area contributed by atoms with E-state index in [0.29, 0.717) is 0 Å². The monoisotopic (exact) mass is 242 g/mol. The van der Waals surface area contributed by atoms with E-state index in [2.05, 4.69) is 0 Å². The van der Waals surface area contributed by atoms with Gasteiger partial charge in [-0.15, -0.1) is 0 Å². The quantitative estimate of drug-likeness (QED) is 0.480. The van der Waals surface area contributed by atoms with Gasteiger partial charge in [-0.2, -0.15) is 0 Å². The maximum atomic E-state index is 11.8. The number of esters is 2. The van der Waals surface area contributed by atoms with Crippen LogP contribution in [0.1, 0.15) is 6.92 Å². The minimum Gasteiger partial charge on any atom is -0.469 e. The molecule has 3 aliphatic rings. The highest BCUT2D eigenvalue weighted by Gasteiger charge is 2.78. The van der Waals surface area contributed by atoms with Crippen LogP contribution in [-0.4, -0.2) is 50.1 Å². The topological polar surface area (TPSA) is 74.4 Å². The van der Waals surface area contributed by atoms with Gasteiger partial charge in [0, 0.05) is 0 Å². The van der Waals surface area contributed by atoms with Gasteiger partial charge in [0.25, 0.3) is 0 Å². The van der Waals surface area contributed by atoms with Crippen LogP contribution in [0, 0.1) is 11.8 Å². The van der Waals surface area contributed by atoms with Crippen molar-refractivity contribution in [3.63, 3.8) is 0 Å². The first-order valence-electron chi connectivity index (χ1n) is 5.53. The van der Waals surface area contributed by atoms with Crippen LogP contribution >= 0.6 is 0 Å². The minimum atomic E-state index is -0.763. The van der Waals surface area contributed by atoms with Crippen molar-refractivity contribution in [2.24, 2.45) is 11.8 Å². The highest BCUT2D eigenvalue weighted by Crippen LogP contribution is 2.60. The zero-order valence-corrected chi connectivity index (χ0v) is 9.84. The van der Waals surface area contributed by atoms with Gasteiger partial charge in [-0.25, -0.2) is 0 Å². The predicted molar refractivity (Wildman–Crippen MR) is 53.0 cm³/mol. The Kier molecular flexibility index (Phi) is 2.07. The molecule has 3 fully saturated rings. The zero-order valence-electron chi connectivity index (χ0n) is 9.84. The third-order valence-electron chi connectivity index (χ3n) is 4.06. The van der Waals surface area contributed by atoms with Gasteiger partial charge in [0.1, 0.15) is 35.7 Å². The molecule has 3 aliphatic heterocycles. The van der Waals surface area contributed by atoms with Crippen molar-refractivity contribution in [2.75, 3.05) is 14.2 Å². The van der Waals surface area contributed by atoms with Crippen molar-refractivity contribution in [3.05, 3.63) is 0 Å². The summed E-state index contributed by atoms with van der Waals surface area (Å²) in [5, 5.41) is 0. The van der Waals surface area contributed by atoms with E-state index in [1.165, 1.54) is 14.2 Å². The molecule has 0 spiro atoms. The molecule has 0 aliphatic carbocycles. The normalized spacial score (nSPS) is 49.7. The lowest BCUT2D eigenvalue weighted by Gasteiger charge is -2.28. The Morgan fingerprint density at radius 2 is 1.76 bits per heavy atom. The van der Waals surface area contributed by atoms with E-state index in [9.17, 15) is 9.59 Å². The summed E-state index contributed by atoms with van der Waals surface area (Å²) < 4.78 is 20.7. The third-order valence-corrected chi connectivity index (χ3v) is 4.06. The Labute approximate surface area is 98.1 Å². The fourth-order valence-corrected chi connectivity index (χ4v) is 3.25. The van der Waals surface area contributed by atoms with Crippen molar-refractivity contribution in [2.45, 2.75) is 30.8 Å². The first kappa shape index (κ1) is 11.0. The number of ether oxygens (including phenoxy) is 4. The van der Waals surface area contributed by atoms with Gasteiger partial charge in [-0.3, -0.25) is 9.59 Å². The summed E-state index contributed by atoms with van der Waals surface area (Å²) in [6, 6.07) is 0. The molecule has 17 heavy (non-hydrogen) atoms. The molecule has 0 radical (unpaired) electrons. The molecule has 6 heteroatoms. The van der Waals surface area contributed by atoms with Crippen LogP contribution in [-0.2, 0) is 28.5 Å². The molecule has 6 unspecified atom stereocenters. The van der Waals surface area contributed by atoms with Gasteiger partial charge in [0.05, 0.1) is 14.2 Å². The van der Waals surface area contributed by atoms with E-state index in [-0.39, 0.29) is 18.3 Å². The molecule has 0 amide bonds. The molecule has 0 aromatic carbocycles. The first-order valence-corrected chi connectivity index (χ1v) is 5.53. The number of hydrogen-bond donors (Lipinski definition) is 0. The summed E-state index contributed by atoms with van der Waals surface area (Å²) in [7, 11) is 2.60. The van der Waals surface area contributed by atoms with Crippen molar-refractivity contribution in [1.82, 2.24) is 0 Å². The summed E-state index contributed by atoms with van der Waals surface area (Å²) >= 11 is 0. The van der Waals surface area contributed by atoms with Crippen LogP contribution in [0.3, 0.4) is 0 Å². The van der Waals surface area contributed by atoms with Gasteiger partial charge in [0.2, 0.25) is 0 Å². The van der Waals surface area contributed by atoms with E-state index in [1.807, 2.05) is 0 Å². The maximum absolute atomic E-state index is 11.8. The highest BCUT2D eigenvalue weighted by molar-refractivity contribution is 5.85. The van der Waals surface area contributed by atoms with Crippen molar-refractivity contribution in [3.8, 4) is 0 Å². The molecule has 94 valence electrons. The Hall–Kier alpha value is -1.14. The summed E-state index contributed by atoms with van der Waals surface area (Å²) in [4.78, 5) is 23.6. The molecule has 6 atom stereocenters. The zero-order chi connectivity index (χ0) is 12.4. The molecule has 3 rings (SSSR count). The van der Waals surface area contributed by atoms with E-state index >= 15 is 0 Å². The van der Waals surface area contributed by atoms with Crippen LogP contribution in [0.25, 0.3) is 0 Å². The molecular weight excluding hydrogens is 228 g/mol. The predicted octanol–water partition coefficient (Wildman–Crippen LogP) is -0.497. The number of methoxy groups -OCH3 is 2. The van der Waals surface area contributed by atoms with Crippen LogP contribution in [0.2, 0.25) is 0 Å². The van der Waals surface area contributed by atoms with Gasteiger partial charge < -0.3 is 18.9 Å². The Balaban J connectivity index is 1.97. The first-order chi connectivity index (χ1) is 8.04.